The van der Waals surface area contributed by atoms with Gasteiger partial charge in [-0.15, -0.1) is 13.2 Å². The first-order chi connectivity index (χ1) is 46.9. The fourth-order valence-corrected chi connectivity index (χ4v) is 33.3. The van der Waals surface area contributed by atoms with Crippen LogP contribution in [0.2, 0.25) is 0 Å². The molecule has 0 nitrogen and oxygen atoms in total. The van der Waals surface area contributed by atoms with Crippen LogP contribution in [0.1, 0.15) is 316 Å². The van der Waals surface area contributed by atoms with Gasteiger partial charge in [-0.05, 0) is 296 Å². The van der Waals surface area contributed by atoms with Gasteiger partial charge in [-0.2, -0.15) is 0 Å². The minimum absolute atomic E-state index is 0.385. The average Bonchev–Trinajstić information content (AvgIpc) is 1.23. The standard InChI is InChI=1S/C25H38.2C18H33P.2C8H12.C7H10.C7H6.2ClH.Ru/c1-5-20-13-19(4)25(16-20)12-11-22-8-7-21(15-22)9-10-23-14-18(3)24(6-2)17-23;2*1-4-10-16(11-5-1)19(17-12-6-2-7-13-17)18-14-8-3-9-15-18;2*1-6-4-7-2-3-8(6)5-7;1-2-7-4-3-6(1)5-7;1-7-5-3-2-4-6-7;;;/h5-6,9-12,18-25H,1-2,7-8,13-17H2,3-4H3;2*16-18H,1-15H2;2*2-3,6-8H,4-5H2,1H3;1-2,6-7H,3-5H2;1-6H;2*1H;/q;;;;;;;;;+2/p-2/b10-9-,12-11-;;;;;;;;;. The Balaban J connectivity index is 0.000000128. The molecular weight excluding hydrogens is 1330 g/mol. The van der Waals surface area contributed by atoms with Gasteiger partial charge in [0.25, 0.3) is 0 Å². The van der Waals surface area contributed by atoms with Crippen LogP contribution >= 0.6 is 35.2 Å². The van der Waals surface area contributed by atoms with Gasteiger partial charge in [-0.3, -0.25) is 0 Å². The van der Waals surface area contributed by atoms with E-state index >= 15 is 0 Å². The van der Waals surface area contributed by atoms with E-state index in [1.165, 1.54) is 162 Å². The van der Waals surface area contributed by atoms with Crippen LogP contribution in [0, 0.1) is 94.7 Å². The zero-order valence-electron chi connectivity index (χ0n) is 62.1. The molecule has 0 spiro atoms. The third kappa shape index (κ3) is 25.0. The molecule has 1 aromatic rings. The molecule has 96 heavy (non-hydrogen) atoms. The van der Waals surface area contributed by atoms with Crippen LogP contribution in [0.5, 0.6) is 0 Å². The van der Waals surface area contributed by atoms with Gasteiger partial charge in [-0.25, -0.2) is 0 Å². The summed E-state index contributed by atoms with van der Waals surface area (Å²) < 4.78 is 1.92. The molecule has 0 aliphatic heterocycles. The molecule has 12 saturated carbocycles. The molecule has 16 atom stereocenters. The maximum atomic E-state index is 5.67. The molecule has 0 radical (unpaired) electrons. The number of hydrogen-bond acceptors (Lipinski definition) is 0. The second-order valence-electron chi connectivity index (χ2n) is 34.9. The first kappa shape index (κ1) is 77.9. The molecule has 540 valence electrons. The molecule has 5 heteroatoms. The second kappa shape index (κ2) is 42.3. The van der Waals surface area contributed by atoms with Crippen LogP contribution in [-0.2, 0) is 13.5 Å². The summed E-state index contributed by atoms with van der Waals surface area (Å²) in [5.74, 6) is 14.2. The molecule has 0 N–H and O–H groups in total. The van der Waals surface area contributed by atoms with Gasteiger partial charge in [-0.1, -0.05) is 232 Å². The van der Waals surface area contributed by atoms with Crippen molar-refractivity contribution in [3.05, 3.63) is 122 Å². The first-order valence-corrected chi connectivity index (χ1v) is 50.6. The molecule has 16 unspecified atom stereocenters. The molecule has 0 heterocycles. The van der Waals surface area contributed by atoms with Crippen LogP contribution in [-0.4, -0.2) is 38.6 Å². The second-order valence-corrected chi connectivity index (χ2v) is 46.8. The quantitative estimate of drug-likeness (QED) is 0.105. The van der Waals surface area contributed by atoms with Crippen LogP contribution in [0.15, 0.2) is 116 Å². The number of halogens is 2. The van der Waals surface area contributed by atoms with Crippen molar-refractivity contribution in [1.29, 1.82) is 0 Å². The molecule has 1 aromatic carbocycles. The predicted octanol–water partition coefficient (Wildman–Crippen LogP) is 29.3. The number of hydrogen-bond donors (Lipinski definition) is 0. The van der Waals surface area contributed by atoms with Crippen molar-refractivity contribution in [3.63, 3.8) is 0 Å². The van der Waals surface area contributed by atoms with Gasteiger partial charge >= 0.3 is 73.4 Å². The summed E-state index contributed by atoms with van der Waals surface area (Å²) in [6.45, 7) is 17.5. The van der Waals surface area contributed by atoms with Crippen molar-refractivity contribution in [1.82, 2.24) is 0 Å². The Hall–Kier alpha value is -0.667. The molecule has 12 fully saturated rings. The van der Waals surface area contributed by atoms with Crippen molar-refractivity contribution < 1.29 is 13.5 Å². The topological polar surface area (TPSA) is 0 Å². The first-order valence-electron chi connectivity index (χ1n) is 42.0. The maximum absolute atomic E-state index is 5.67. The number of rotatable bonds is 13. The summed E-state index contributed by atoms with van der Waals surface area (Å²) in [6, 6.07) is 9.89. The van der Waals surface area contributed by atoms with Crippen molar-refractivity contribution in [3.8, 4) is 0 Å². The fourth-order valence-electron chi connectivity index (χ4n) is 22.1. The van der Waals surface area contributed by atoms with Crippen LogP contribution in [0.4, 0.5) is 0 Å². The zero-order chi connectivity index (χ0) is 66.9. The monoisotopic (exact) mass is 1470 g/mol. The van der Waals surface area contributed by atoms with Crippen LogP contribution in [0.3, 0.4) is 0 Å². The summed E-state index contributed by atoms with van der Waals surface area (Å²) in [5.41, 5.74) is 8.26. The number of fused-ring (bicyclic) bond motifs is 6. The SMILES string of the molecule is C1=CC2CCC1C2.C1CCC(P(C2CCCCC2)C2CCCCC2)CC1.C1CCC(P(C2CCCCC2)C2CCCCC2)CC1.C=CC1CC(C)C(/C=C\C2CCC(/C=C\C3CC(C)C(C=C)C3)C2)C1.CC1CC2C=CC1C2.CC1CC2C=CC1C2.[Cl][Ru]([Cl])=[CH]c1ccccc1. The Morgan fingerprint density at radius 2 is 0.688 bits per heavy atom. The van der Waals surface area contributed by atoms with E-state index in [0.29, 0.717) is 15.8 Å². The van der Waals surface area contributed by atoms with E-state index < -0.39 is 13.5 Å². The summed E-state index contributed by atoms with van der Waals surface area (Å²) in [5, 5.41) is 0. The molecule has 0 saturated heterocycles. The summed E-state index contributed by atoms with van der Waals surface area (Å²) in [6.07, 6.45) is 95.9. The van der Waals surface area contributed by atoms with Crippen LogP contribution in [0.25, 0.3) is 0 Å². The Bertz CT molecular complexity index is 2340. The molecule has 16 rings (SSSR count). The van der Waals surface area contributed by atoms with Crippen molar-refractivity contribution in [2.45, 2.75) is 344 Å². The van der Waals surface area contributed by atoms with Crippen molar-refractivity contribution >= 4 is 39.8 Å². The van der Waals surface area contributed by atoms with E-state index in [4.69, 9.17) is 19.4 Å². The van der Waals surface area contributed by atoms with Gasteiger partial charge in [0.1, 0.15) is 0 Å². The molecule has 0 amide bonds. The summed E-state index contributed by atoms with van der Waals surface area (Å²) in [4.78, 5) is 0. The Labute approximate surface area is 609 Å². The van der Waals surface area contributed by atoms with Gasteiger partial charge in [0, 0.05) is 0 Å². The van der Waals surface area contributed by atoms with E-state index in [0.717, 1.165) is 100 Å². The molecule has 15 aliphatic rings. The minimum atomic E-state index is -1.61. The Morgan fingerprint density at radius 3 is 0.979 bits per heavy atom. The van der Waals surface area contributed by atoms with E-state index in [2.05, 4.69) is 114 Å². The number of benzene rings is 1. The third-order valence-corrected chi connectivity index (χ3v) is 37.8. The molecule has 0 aromatic heterocycles. The van der Waals surface area contributed by atoms with Crippen molar-refractivity contribution in [2.75, 3.05) is 0 Å². The number of allylic oxidation sites excluding steroid dienone is 12. The van der Waals surface area contributed by atoms with Gasteiger partial charge in [0.05, 0.1) is 0 Å². The van der Waals surface area contributed by atoms with Gasteiger partial charge in [0.2, 0.25) is 0 Å². The van der Waals surface area contributed by atoms with E-state index in [1.807, 2.05) is 34.9 Å². The van der Waals surface area contributed by atoms with Gasteiger partial charge in [0.15, 0.2) is 0 Å². The van der Waals surface area contributed by atoms with Crippen LogP contribution < -0.4 is 0 Å². The van der Waals surface area contributed by atoms with Gasteiger partial charge < -0.3 is 0 Å². The Kier molecular flexibility index (Phi) is 34.4. The normalized spacial score (nSPS) is 36.1. The van der Waals surface area contributed by atoms with E-state index in [9.17, 15) is 0 Å². The zero-order valence-corrected chi connectivity index (χ0v) is 67.2. The van der Waals surface area contributed by atoms with E-state index in [1.54, 1.807) is 154 Å². The average molecular weight is 1470 g/mol. The fraction of sp³-hybridized carbons (Fsp3) is 0.769. The van der Waals surface area contributed by atoms with E-state index in [-0.39, 0.29) is 0 Å². The summed E-state index contributed by atoms with van der Waals surface area (Å²) >= 11 is -1.61. The Morgan fingerprint density at radius 1 is 0.323 bits per heavy atom. The van der Waals surface area contributed by atoms with Crippen molar-refractivity contribution in [2.24, 2.45) is 94.7 Å². The molecule has 15 aliphatic carbocycles. The molecular formula is C91H144Cl2P2Ru. The summed E-state index contributed by atoms with van der Waals surface area (Å²) in [7, 11) is 12.1. The predicted molar refractivity (Wildman–Crippen MR) is 428 cm³/mol. The third-order valence-electron chi connectivity index (χ3n) is 27.8. The molecule has 6 bridgehead atoms.